The van der Waals surface area contributed by atoms with Crippen LogP contribution in [0.3, 0.4) is 0 Å². The summed E-state index contributed by atoms with van der Waals surface area (Å²) in [5.74, 6) is 0.285. The highest BCUT2D eigenvalue weighted by Gasteiger charge is 2.24. The van der Waals surface area contributed by atoms with E-state index in [0.29, 0.717) is 27.8 Å². The van der Waals surface area contributed by atoms with Gasteiger partial charge in [-0.1, -0.05) is 29.3 Å². The van der Waals surface area contributed by atoms with Gasteiger partial charge in [0, 0.05) is 27.6 Å². The maximum absolute atomic E-state index is 14.0. The van der Waals surface area contributed by atoms with Crippen molar-refractivity contribution in [1.82, 2.24) is 0 Å². The lowest BCUT2D eigenvalue weighted by atomic mass is 9.96. The van der Waals surface area contributed by atoms with E-state index in [1.54, 1.807) is 18.2 Å². The molecule has 1 heterocycles. The van der Waals surface area contributed by atoms with Crippen LogP contribution in [0.5, 0.6) is 5.75 Å². The Morgan fingerprint density at radius 1 is 1.10 bits per heavy atom. The van der Waals surface area contributed by atoms with Gasteiger partial charge in [0.1, 0.15) is 11.6 Å². The molecule has 0 spiro atoms. The number of fused-ring (bicyclic) bond motifs is 1. The van der Waals surface area contributed by atoms with Gasteiger partial charge in [-0.25, -0.2) is 4.39 Å². The van der Waals surface area contributed by atoms with Gasteiger partial charge in [0.2, 0.25) is 0 Å². The third-order valence-electron chi connectivity index (χ3n) is 3.41. The predicted molar refractivity (Wildman–Crippen MR) is 78.1 cm³/mol. The molecule has 0 aliphatic carbocycles. The summed E-state index contributed by atoms with van der Waals surface area (Å²) >= 11 is 11.9. The first kappa shape index (κ1) is 13.7. The van der Waals surface area contributed by atoms with Gasteiger partial charge in [0.15, 0.2) is 0 Å². The quantitative estimate of drug-likeness (QED) is 0.905. The average molecular weight is 312 g/mol. The van der Waals surface area contributed by atoms with Crippen molar-refractivity contribution in [1.29, 1.82) is 0 Å². The highest BCUT2D eigenvalue weighted by molar-refractivity contribution is 6.31. The zero-order valence-electron chi connectivity index (χ0n) is 10.5. The van der Waals surface area contributed by atoms with Crippen LogP contribution in [0.1, 0.15) is 22.7 Å². The highest BCUT2D eigenvalue weighted by atomic mass is 35.5. The number of rotatable bonds is 2. The summed E-state index contributed by atoms with van der Waals surface area (Å²) in [7, 11) is 0. The lowest BCUT2D eigenvalue weighted by Gasteiger charge is -2.17. The molecule has 2 nitrogen and oxygen atoms in total. The van der Waals surface area contributed by atoms with Crippen molar-refractivity contribution in [3.8, 4) is 5.75 Å². The summed E-state index contributed by atoms with van der Waals surface area (Å²) < 4.78 is 19.6. The van der Waals surface area contributed by atoms with E-state index in [-0.39, 0.29) is 0 Å². The normalized spacial score (nSPS) is 14.8. The standard InChI is InChI=1S/C15H12Cl2FNO/c16-9-1-2-11(13(18)7-9)14(19)12-6-10(17)5-8-3-4-20-15(8)12/h1-2,5-7,14H,3-4,19H2. The van der Waals surface area contributed by atoms with Gasteiger partial charge in [-0.05, 0) is 29.8 Å². The maximum atomic E-state index is 14.0. The summed E-state index contributed by atoms with van der Waals surface area (Å²) in [5.41, 5.74) is 8.27. The van der Waals surface area contributed by atoms with Crippen molar-refractivity contribution in [3.63, 3.8) is 0 Å². The minimum atomic E-state index is -0.641. The van der Waals surface area contributed by atoms with Crippen LogP contribution < -0.4 is 10.5 Å². The fourth-order valence-corrected chi connectivity index (χ4v) is 2.86. The molecular weight excluding hydrogens is 300 g/mol. The maximum Gasteiger partial charge on any atom is 0.129 e. The summed E-state index contributed by atoms with van der Waals surface area (Å²) in [5, 5.41) is 0.917. The Morgan fingerprint density at radius 3 is 2.65 bits per heavy atom. The van der Waals surface area contributed by atoms with Crippen LogP contribution in [-0.4, -0.2) is 6.61 Å². The van der Waals surface area contributed by atoms with Gasteiger partial charge in [-0.15, -0.1) is 0 Å². The SMILES string of the molecule is NC(c1ccc(Cl)cc1F)c1cc(Cl)cc2c1OCC2. The van der Waals surface area contributed by atoms with Gasteiger partial charge in [-0.2, -0.15) is 0 Å². The first-order valence-electron chi connectivity index (χ1n) is 6.22. The fourth-order valence-electron chi connectivity index (χ4n) is 2.45. The molecule has 1 unspecified atom stereocenters. The average Bonchev–Trinajstić information content (AvgIpc) is 2.85. The largest absolute Gasteiger partial charge is 0.493 e. The van der Waals surface area contributed by atoms with Gasteiger partial charge in [0.05, 0.1) is 12.6 Å². The highest BCUT2D eigenvalue weighted by Crippen LogP contribution is 2.38. The number of hydrogen-bond donors (Lipinski definition) is 1. The summed E-state index contributed by atoms with van der Waals surface area (Å²) in [6.45, 7) is 0.596. The Bertz CT molecular complexity index is 675. The van der Waals surface area contributed by atoms with Crippen LogP contribution in [0.2, 0.25) is 10.0 Å². The molecule has 2 aromatic rings. The first-order chi connectivity index (χ1) is 9.56. The molecule has 2 N–H and O–H groups in total. The van der Waals surface area contributed by atoms with Crippen molar-refractivity contribution in [2.24, 2.45) is 5.73 Å². The lowest BCUT2D eigenvalue weighted by Crippen LogP contribution is -2.14. The molecule has 0 fully saturated rings. The van der Waals surface area contributed by atoms with Crippen molar-refractivity contribution in [2.75, 3.05) is 6.61 Å². The summed E-state index contributed by atoms with van der Waals surface area (Å²) in [6.07, 6.45) is 0.790. The van der Waals surface area contributed by atoms with E-state index < -0.39 is 11.9 Å². The Morgan fingerprint density at radius 2 is 1.90 bits per heavy atom. The van der Waals surface area contributed by atoms with E-state index in [2.05, 4.69) is 0 Å². The van der Waals surface area contributed by atoms with Gasteiger partial charge >= 0.3 is 0 Å². The van der Waals surface area contributed by atoms with Crippen LogP contribution in [0, 0.1) is 5.82 Å². The Labute approximate surface area is 126 Å². The molecule has 1 aliphatic rings. The molecule has 0 amide bonds. The predicted octanol–water partition coefficient (Wildman–Crippen LogP) is 4.12. The van der Waals surface area contributed by atoms with E-state index in [9.17, 15) is 4.39 Å². The summed E-state index contributed by atoms with van der Waals surface area (Å²) in [4.78, 5) is 0. The molecule has 20 heavy (non-hydrogen) atoms. The molecule has 104 valence electrons. The number of ether oxygens (including phenoxy) is 1. The van der Waals surface area contributed by atoms with Crippen molar-refractivity contribution in [2.45, 2.75) is 12.5 Å². The molecule has 2 aromatic carbocycles. The molecule has 0 saturated heterocycles. The van der Waals surface area contributed by atoms with E-state index in [4.69, 9.17) is 33.7 Å². The lowest BCUT2D eigenvalue weighted by molar-refractivity contribution is 0.352. The fraction of sp³-hybridized carbons (Fsp3) is 0.200. The van der Waals surface area contributed by atoms with Crippen LogP contribution in [-0.2, 0) is 6.42 Å². The van der Waals surface area contributed by atoms with Gasteiger partial charge < -0.3 is 10.5 Å². The van der Waals surface area contributed by atoms with Gasteiger partial charge in [0.25, 0.3) is 0 Å². The van der Waals surface area contributed by atoms with Crippen LogP contribution in [0.25, 0.3) is 0 Å². The zero-order chi connectivity index (χ0) is 14.3. The van der Waals surface area contributed by atoms with Crippen LogP contribution in [0.15, 0.2) is 30.3 Å². The molecule has 1 atom stereocenters. The molecule has 1 aliphatic heterocycles. The second-order valence-electron chi connectivity index (χ2n) is 4.73. The van der Waals surface area contributed by atoms with Crippen LogP contribution in [0.4, 0.5) is 4.39 Å². The number of halogens is 3. The smallest absolute Gasteiger partial charge is 0.129 e. The third-order valence-corrected chi connectivity index (χ3v) is 3.86. The Hall–Kier alpha value is -1.29. The van der Waals surface area contributed by atoms with E-state index in [0.717, 1.165) is 17.7 Å². The molecule has 5 heteroatoms. The minimum absolute atomic E-state index is 0.339. The van der Waals surface area contributed by atoms with E-state index in [1.807, 2.05) is 6.07 Å². The topological polar surface area (TPSA) is 35.2 Å². The van der Waals surface area contributed by atoms with Crippen molar-refractivity contribution >= 4 is 23.2 Å². The number of hydrogen-bond acceptors (Lipinski definition) is 2. The van der Waals surface area contributed by atoms with Crippen molar-refractivity contribution < 1.29 is 9.13 Å². The first-order valence-corrected chi connectivity index (χ1v) is 6.97. The molecule has 3 rings (SSSR count). The number of nitrogens with two attached hydrogens (primary N) is 1. The van der Waals surface area contributed by atoms with Crippen LogP contribution >= 0.6 is 23.2 Å². The molecule has 0 aromatic heterocycles. The monoisotopic (exact) mass is 311 g/mol. The summed E-state index contributed by atoms with van der Waals surface area (Å²) in [6, 6.07) is 7.40. The second kappa shape index (κ2) is 5.24. The molecular formula is C15H12Cl2FNO. The number of benzene rings is 2. The molecule has 0 saturated carbocycles. The van der Waals surface area contributed by atoms with Crippen molar-refractivity contribution in [3.05, 3.63) is 62.9 Å². The molecule has 0 radical (unpaired) electrons. The Balaban J connectivity index is 2.09. The van der Waals surface area contributed by atoms with Gasteiger partial charge in [-0.3, -0.25) is 0 Å². The van der Waals surface area contributed by atoms with E-state index >= 15 is 0 Å². The second-order valence-corrected chi connectivity index (χ2v) is 5.60. The zero-order valence-corrected chi connectivity index (χ0v) is 12.0. The van der Waals surface area contributed by atoms with E-state index in [1.165, 1.54) is 6.07 Å². The third kappa shape index (κ3) is 2.37. The Kier molecular flexibility index (Phi) is 3.59. The minimum Gasteiger partial charge on any atom is -0.493 e. The molecule has 0 bridgehead atoms.